The summed E-state index contributed by atoms with van der Waals surface area (Å²) in [5, 5.41) is 0. The van der Waals surface area contributed by atoms with Gasteiger partial charge in [0.25, 0.3) is 0 Å². The molecule has 0 fully saturated rings. The Kier molecular flexibility index (Phi) is 6.67. The molecule has 0 N–H and O–H groups in total. The monoisotopic (exact) mass is 426 g/mol. The summed E-state index contributed by atoms with van der Waals surface area (Å²) in [6.07, 6.45) is 5.65. The molecule has 0 spiro atoms. The van der Waals surface area contributed by atoms with Crippen molar-refractivity contribution >= 4 is 22.6 Å². The molecule has 0 aromatic heterocycles. The average Bonchev–Trinajstić information content (AvgIpc) is 2.53. The van der Waals surface area contributed by atoms with Gasteiger partial charge in [0, 0.05) is 12.7 Å². The van der Waals surface area contributed by atoms with Gasteiger partial charge in [0.15, 0.2) is 18.3 Å². The second kappa shape index (κ2) is 8.29. The second-order valence-corrected chi connectivity index (χ2v) is 6.48. The van der Waals surface area contributed by atoms with Crippen molar-refractivity contribution in [3.05, 3.63) is 20.8 Å². The molecule has 1 atom stereocenters. The Bertz CT molecular complexity index is 523. The summed E-state index contributed by atoms with van der Waals surface area (Å²) in [5.74, 6) is -2.00. The van der Waals surface area contributed by atoms with Crippen LogP contribution in [0.25, 0.3) is 0 Å². The number of rotatable bonds is 7. The molecule has 1 aromatic carbocycles. The maximum absolute atomic E-state index is 14.3. The lowest BCUT2D eigenvalue weighted by atomic mass is 9.98. The number of hydrogen-bond donors (Lipinski definition) is 0. The van der Waals surface area contributed by atoms with Gasteiger partial charge in [-0.15, -0.1) is 0 Å². The van der Waals surface area contributed by atoms with Crippen molar-refractivity contribution in [3.63, 3.8) is 0 Å². The normalized spacial score (nSPS) is 17.0. The highest BCUT2D eigenvalue weighted by molar-refractivity contribution is 14.1. The number of ether oxygens (including phenoxy) is 3. The number of unbranched alkanes of at least 4 members (excludes halogenated alkanes) is 2. The molecule has 1 heterocycles. The highest BCUT2D eigenvalue weighted by atomic mass is 127. The smallest absolute Gasteiger partial charge is 0.205 e. The Hall–Kier alpha value is -0.630. The molecule has 1 unspecified atom stereocenters. The summed E-state index contributed by atoms with van der Waals surface area (Å²) in [7, 11) is 1.43. The fraction of sp³-hybridized carbons (Fsp3) is 0.625. The van der Waals surface area contributed by atoms with Crippen LogP contribution in [0.2, 0.25) is 0 Å². The molecular weight excluding hydrogens is 405 g/mol. The third kappa shape index (κ3) is 3.82. The van der Waals surface area contributed by atoms with Crippen molar-refractivity contribution in [2.24, 2.45) is 0 Å². The summed E-state index contributed by atoms with van der Waals surface area (Å²) in [5.41, 5.74) is 0.692. The zero-order valence-corrected chi connectivity index (χ0v) is 15.0. The predicted octanol–water partition coefficient (Wildman–Crippen LogP) is 4.83. The molecule has 0 saturated carbocycles. The third-order valence-electron chi connectivity index (χ3n) is 3.78. The molecule has 6 heteroatoms. The number of methoxy groups -OCH3 is 1. The Morgan fingerprint density at radius 2 is 2.05 bits per heavy atom. The van der Waals surface area contributed by atoms with E-state index in [0.717, 1.165) is 32.1 Å². The minimum atomic E-state index is -1.01. The molecule has 0 saturated heterocycles. The molecular formula is C16H21F2IO3. The van der Waals surface area contributed by atoms with E-state index in [4.69, 9.17) is 14.2 Å². The molecule has 0 amide bonds. The van der Waals surface area contributed by atoms with Crippen LogP contribution in [0.15, 0.2) is 0 Å². The number of hydrogen-bond acceptors (Lipinski definition) is 3. The molecule has 1 aromatic rings. The van der Waals surface area contributed by atoms with E-state index in [-0.39, 0.29) is 24.4 Å². The van der Waals surface area contributed by atoms with E-state index >= 15 is 0 Å². The van der Waals surface area contributed by atoms with Crippen molar-refractivity contribution in [1.82, 2.24) is 0 Å². The Labute approximate surface area is 143 Å². The minimum absolute atomic E-state index is 0.0329. The van der Waals surface area contributed by atoms with Crippen LogP contribution in [0.4, 0.5) is 8.78 Å². The van der Waals surface area contributed by atoms with E-state index < -0.39 is 11.6 Å². The third-order valence-corrected chi connectivity index (χ3v) is 4.92. The van der Waals surface area contributed by atoms with Gasteiger partial charge >= 0.3 is 0 Å². The summed E-state index contributed by atoms with van der Waals surface area (Å²) in [6.45, 7) is 2.02. The molecule has 22 heavy (non-hydrogen) atoms. The fourth-order valence-electron chi connectivity index (χ4n) is 2.61. The van der Waals surface area contributed by atoms with Gasteiger partial charge in [0.05, 0.1) is 9.67 Å². The standard InChI is InChI=1S/C16H21F2IO3/c1-3-4-5-6-10-7-8-11-14(19)16(21-9-20-2)13(18)12(17)15(11)22-10/h10H,3-9H2,1-2H3. The van der Waals surface area contributed by atoms with Gasteiger partial charge in [0.1, 0.15) is 0 Å². The van der Waals surface area contributed by atoms with Gasteiger partial charge in [0.2, 0.25) is 11.6 Å². The average molecular weight is 426 g/mol. The van der Waals surface area contributed by atoms with Gasteiger partial charge in [-0.25, -0.2) is 0 Å². The zero-order valence-electron chi connectivity index (χ0n) is 12.9. The van der Waals surface area contributed by atoms with Crippen LogP contribution < -0.4 is 9.47 Å². The summed E-state index contributed by atoms with van der Waals surface area (Å²) < 4.78 is 44.7. The van der Waals surface area contributed by atoms with Crippen LogP contribution in [0.3, 0.4) is 0 Å². The van der Waals surface area contributed by atoms with Crippen molar-refractivity contribution in [2.75, 3.05) is 13.9 Å². The van der Waals surface area contributed by atoms with E-state index in [9.17, 15) is 8.78 Å². The van der Waals surface area contributed by atoms with Gasteiger partial charge in [-0.3, -0.25) is 0 Å². The molecule has 0 radical (unpaired) electrons. The van der Waals surface area contributed by atoms with Gasteiger partial charge in [-0.05, 0) is 48.3 Å². The van der Waals surface area contributed by atoms with Gasteiger partial charge in [-0.2, -0.15) is 8.78 Å². The van der Waals surface area contributed by atoms with Crippen LogP contribution in [-0.2, 0) is 11.2 Å². The Morgan fingerprint density at radius 3 is 2.73 bits per heavy atom. The lowest BCUT2D eigenvalue weighted by Crippen LogP contribution is -2.25. The topological polar surface area (TPSA) is 27.7 Å². The minimum Gasteiger partial charge on any atom is -0.487 e. The van der Waals surface area contributed by atoms with Gasteiger partial charge < -0.3 is 14.2 Å². The summed E-state index contributed by atoms with van der Waals surface area (Å²) in [4.78, 5) is 0. The van der Waals surface area contributed by atoms with Crippen molar-refractivity contribution < 1.29 is 23.0 Å². The van der Waals surface area contributed by atoms with Crippen LogP contribution in [0, 0.1) is 15.2 Å². The Morgan fingerprint density at radius 1 is 1.27 bits per heavy atom. The van der Waals surface area contributed by atoms with Gasteiger partial charge in [-0.1, -0.05) is 19.8 Å². The van der Waals surface area contributed by atoms with Crippen molar-refractivity contribution in [1.29, 1.82) is 0 Å². The highest BCUT2D eigenvalue weighted by Crippen LogP contribution is 2.41. The van der Waals surface area contributed by atoms with E-state index in [1.54, 1.807) is 0 Å². The molecule has 3 nitrogen and oxygen atoms in total. The van der Waals surface area contributed by atoms with E-state index in [2.05, 4.69) is 6.92 Å². The summed E-state index contributed by atoms with van der Waals surface area (Å²) in [6, 6.07) is 0. The largest absolute Gasteiger partial charge is 0.487 e. The molecule has 1 aliphatic heterocycles. The van der Waals surface area contributed by atoms with Crippen molar-refractivity contribution in [3.8, 4) is 11.5 Å². The van der Waals surface area contributed by atoms with Crippen LogP contribution in [0.5, 0.6) is 11.5 Å². The number of fused-ring (bicyclic) bond motifs is 1. The molecule has 1 aliphatic rings. The number of benzene rings is 1. The zero-order chi connectivity index (χ0) is 16.1. The SMILES string of the molecule is CCCCCC1CCc2c(I)c(OCOC)c(F)c(F)c2O1. The maximum atomic E-state index is 14.3. The highest BCUT2D eigenvalue weighted by Gasteiger charge is 2.30. The van der Waals surface area contributed by atoms with Crippen LogP contribution in [-0.4, -0.2) is 20.0 Å². The second-order valence-electron chi connectivity index (χ2n) is 5.40. The predicted molar refractivity (Wildman–Crippen MR) is 88.5 cm³/mol. The molecule has 0 bridgehead atoms. The lowest BCUT2D eigenvalue weighted by molar-refractivity contribution is 0.0464. The first-order valence-corrected chi connectivity index (χ1v) is 8.65. The molecule has 0 aliphatic carbocycles. The quantitative estimate of drug-likeness (QED) is 0.271. The first kappa shape index (κ1) is 17.7. The first-order valence-electron chi connectivity index (χ1n) is 7.57. The van der Waals surface area contributed by atoms with Crippen molar-refractivity contribution in [2.45, 2.75) is 51.6 Å². The lowest BCUT2D eigenvalue weighted by Gasteiger charge is -2.28. The fourth-order valence-corrected chi connectivity index (χ4v) is 3.52. The molecule has 124 valence electrons. The number of halogens is 3. The van der Waals surface area contributed by atoms with E-state index in [1.807, 2.05) is 22.6 Å². The van der Waals surface area contributed by atoms with Crippen LogP contribution in [0.1, 0.15) is 44.6 Å². The van der Waals surface area contributed by atoms with E-state index in [1.165, 1.54) is 7.11 Å². The molecule has 2 rings (SSSR count). The summed E-state index contributed by atoms with van der Waals surface area (Å²) >= 11 is 1.98. The van der Waals surface area contributed by atoms with E-state index in [0.29, 0.717) is 15.6 Å². The van der Waals surface area contributed by atoms with Crippen LogP contribution >= 0.6 is 22.6 Å². The first-order chi connectivity index (χ1) is 10.6. The Balaban J connectivity index is 2.21. The maximum Gasteiger partial charge on any atom is 0.205 e.